The standard InChI is InChI=1S/C16H14ClN3O3/c1-16(21,13-4-2-3-5-14(13)17)10-19-15-7-6-12(20(22)23)8-11(15)9-18/h2-8,19,21H,10H2,1H3. The largest absolute Gasteiger partial charge is 0.384 e. The molecule has 0 spiro atoms. The first kappa shape index (κ1) is 16.7. The van der Waals surface area contributed by atoms with E-state index in [9.17, 15) is 15.2 Å². The van der Waals surface area contributed by atoms with Gasteiger partial charge in [0.05, 0.1) is 16.2 Å². The van der Waals surface area contributed by atoms with Crippen molar-refractivity contribution >= 4 is 23.0 Å². The molecule has 2 aromatic carbocycles. The lowest BCUT2D eigenvalue weighted by Crippen LogP contribution is -2.31. The molecule has 0 heterocycles. The van der Waals surface area contributed by atoms with Gasteiger partial charge < -0.3 is 10.4 Å². The number of benzene rings is 2. The minimum Gasteiger partial charge on any atom is -0.384 e. The van der Waals surface area contributed by atoms with Crippen molar-refractivity contribution in [2.45, 2.75) is 12.5 Å². The summed E-state index contributed by atoms with van der Waals surface area (Å²) < 4.78 is 0. The fourth-order valence-electron chi connectivity index (χ4n) is 2.15. The molecule has 0 radical (unpaired) electrons. The lowest BCUT2D eigenvalue weighted by Gasteiger charge is -2.26. The van der Waals surface area contributed by atoms with E-state index in [0.717, 1.165) is 0 Å². The molecule has 1 unspecified atom stereocenters. The average Bonchev–Trinajstić information content (AvgIpc) is 2.53. The molecule has 0 bridgehead atoms. The van der Waals surface area contributed by atoms with E-state index >= 15 is 0 Å². The topological polar surface area (TPSA) is 99.2 Å². The lowest BCUT2D eigenvalue weighted by atomic mass is 9.95. The van der Waals surface area contributed by atoms with Crippen LogP contribution in [0.1, 0.15) is 18.1 Å². The monoisotopic (exact) mass is 331 g/mol. The van der Waals surface area contributed by atoms with Crippen molar-refractivity contribution in [3.63, 3.8) is 0 Å². The third kappa shape index (κ3) is 3.77. The molecule has 0 saturated carbocycles. The predicted octanol–water partition coefficient (Wildman–Crippen LogP) is 3.44. The van der Waals surface area contributed by atoms with Crippen LogP contribution in [0, 0.1) is 21.4 Å². The second-order valence-corrected chi connectivity index (χ2v) is 5.61. The van der Waals surface area contributed by atoms with E-state index < -0.39 is 10.5 Å². The van der Waals surface area contributed by atoms with Gasteiger partial charge >= 0.3 is 0 Å². The number of anilines is 1. The smallest absolute Gasteiger partial charge is 0.270 e. The lowest BCUT2D eigenvalue weighted by molar-refractivity contribution is -0.384. The van der Waals surface area contributed by atoms with Crippen molar-refractivity contribution in [3.8, 4) is 6.07 Å². The van der Waals surface area contributed by atoms with Crippen molar-refractivity contribution < 1.29 is 10.0 Å². The molecule has 0 aliphatic heterocycles. The van der Waals surface area contributed by atoms with E-state index in [1.807, 2.05) is 6.07 Å². The van der Waals surface area contributed by atoms with Crippen LogP contribution in [0.5, 0.6) is 0 Å². The summed E-state index contributed by atoms with van der Waals surface area (Å²) in [5, 5.41) is 33.8. The zero-order valence-electron chi connectivity index (χ0n) is 12.3. The molecule has 0 aliphatic rings. The SMILES string of the molecule is CC(O)(CNc1ccc([N+](=O)[O-])cc1C#N)c1ccccc1Cl. The van der Waals surface area contributed by atoms with Crippen molar-refractivity contribution in [1.82, 2.24) is 0 Å². The summed E-state index contributed by atoms with van der Waals surface area (Å²) in [4.78, 5) is 10.2. The highest BCUT2D eigenvalue weighted by Crippen LogP contribution is 2.29. The van der Waals surface area contributed by atoms with Crippen molar-refractivity contribution in [3.05, 3.63) is 68.7 Å². The maximum atomic E-state index is 10.7. The Morgan fingerprint density at radius 1 is 1.39 bits per heavy atom. The van der Waals surface area contributed by atoms with E-state index in [2.05, 4.69) is 5.32 Å². The molecule has 118 valence electrons. The number of hydrogen-bond donors (Lipinski definition) is 2. The third-order valence-corrected chi connectivity index (χ3v) is 3.74. The van der Waals surface area contributed by atoms with E-state index in [1.54, 1.807) is 31.2 Å². The van der Waals surface area contributed by atoms with Gasteiger partial charge in [0, 0.05) is 29.3 Å². The first-order chi connectivity index (χ1) is 10.8. The van der Waals surface area contributed by atoms with Crippen molar-refractivity contribution in [2.75, 3.05) is 11.9 Å². The highest BCUT2D eigenvalue weighted by atomic mass is 35.5. The van der Waals surface area contributed by atoms with Gasteiger partial charge in [-0.25, -0.2) is 0 Å². The number of rotatable bonds is 5. The van der Waals surface area contributed by atoms with Gasteiger partial charge in [-0.05, 0) is 19.1 Å². The second-order valence-electron chi connectivity index (χ2n) is 5.21. The van der Waals surface area contributed by atoms with Gasteiger partial charge in [-0.15, -0.1) is 0 Å². The number of nitrogens with zero attached hydrogens (tertiary/aromatic N) is 2. The van der Waals surface area contributed by atoms with E-state index in [1.165, 1.54) is 18.2 Å². The Kier molecular flexibility index (Phi) is 4.84. The van der Waals surface area contributed by atoms with Gasteiger partial charge in [-0.3, -0.25) is 10.1 Å². The molecular weight excluding hydrogens is 318 g/mol. The van der Waals surface area contributed by atoms with Gasteiger partial charge in [-0.1, -0.05) is 29.8 Å². The molecule has 0 saturated heterocycles. The van der Waals surface area contributed by atoms with Gasteiger partial charge in [-0.2, -0.15) is 5.26 Å². The zero-order valence-corrected chi connectivity index (χ0v) is 13.0. The third-order valence-electron chi connectivity index (χ3n) is 3.41. The summed E-state index contributed by atoms with van der Waals surface area (Å²) in [7, 11) is 0. The normalized spacial score (nSPS) is 13.0. The summed E-state index contributed by atoms with van der Waals surface area (Å²) in [5.41, 5.74) is -0.341. The van der Waals surface area contributed by atoms with Crippen LogP contribution in [0.4, 0.5) is 11.4 Å². The van der Waals surface area contributed by atoms with E-state index in [4.69, 9.17) is 16.9 Å². The Bertz CT molecular complexity index is 784. The summed E-state index contributed by atoms with van der Waals surface area (Å²) in [5.74, 6) is 0. The van der Waals surface area contributed by atoms with E-state index in [-0.39, 0.29) is 17.8 Å². The minimum absolute atomic E-state index is 0.0865. The molecule has 2 aromatic rings. The quantitative estimate of drug-likeness (QED) is 0.645. The zero-order chi connectivity index (χ0) is 17.0. The molecule has 6 nitrogen and oxygen atoms in total. The predicted molar refractivity (Wildman–Crippen MR) is 87.3 cm³/mol. The molecule has 0 amide bonds. The number of halogens is 1. The van der Waals surface area contributed by atoms with E-state index in [0.29, 0.717) is 16.3 Å². The summed E-state index contributed by atoms with van der Waals surface area (Å²) in [6.07, 6.45) is 0. The van der Waals surface area contributed by atoms with Crippen LogP contribution >= 0.6 is 11.6 Å². The number of hydrogen-bond acceptors (Lipinski definition) is 5. The molecule has 7 heteroatoms. The van der Waals surface area contributed by atoms with Gasteiger partial charge in [0.2, 0.25) is 0 Å². The van der Waals surface area contributed by atoms with Crippen LogP contribution in [0.3, 0.4) is 0 Å². The van der Waals surface area contributed by atoms with Gasteiger partial charge in [0.15, 0.2) is 0 Å². The molecule has 23 heavy (non-hydrogen) atoms. The Morgan fingerprint density at radius 2 is 2.09 bits per heavy atom. The highest BCUT2D eigenvalue weighted by molar-refractivity contribution is 6.31. The number of nitrogens with one attached hydrogen (secondary N) is 1. The maximum Gasteiger partial charge on any atom is 0.270 e. The Hall–Kier alpha value is -2.62. The van der Waals surface area contributed by atoms with Crippen molar-refractivity contribution in [1.29, 1.82) is 5.26 Å². The molecule has 1 atom stereocenters. The van der Waals surface area contributed by atoms with Crippen molar-refractivity contribution in [2.24, 2.45) is 0 Å². The van der Waals surface area contributed by atoms with Gasteiger partial charge in [0.1, 0.15) is 11.7 Å². The number of nitriles is 1. The van der Waals surface area contributed by atoms with Crippen LogP contribution in [-0.4, -0.2) is 16.6 Å². The van der Waals surface area contributed by atoms with Crippen LogP contribution < -0.4 is 5.32 Å². The summed E-state index contributed by atoms with van der Waals surface area (Å²) in [6.45, 7) is 1.68. The second kappa shape index (κ2) is 6.65. The number of nitro benzene ring substituents is 1. The summed E-state index contributed by atoms with van der Waals surface area (Å²) >= 11 is 6.09. The minimum atomic E-state index is -1.27. The first-order valence-electron chi connectivity index (χ1n) is 6.75. The Morgan fingerprint density at radius 3 is 2.70 bits per heavy atom. The molecule has 2 rings (SSSR count). The van der Waals surface area contributed by atoms with Crippen LogP contribution in [-0.2, 0) is 5.60 Å². The number of non-ortho nitro benzene ring substituents is 1. The number of aliphatic hydroxyl groups is 1. The molecule has 0 aliphatic carbocycles. The van der Waals surface area contributed by atoms with Crippen LogP contribution in [0.2, 0.25) is 5.02 Å². The van der Waals surface area contributed by atoms with Crippen LogP contribution in [0.25, 0.3) is 0 Å². The fraction of sp³-hybridized carbons (Fsp3) is 0.188. The van der Waals surface area contributed by atoms with Gasteiger partial charge in [0.25, 0.3) is 5.69 Å². The first-order valence-corrected chi connectivity index (χ1v) is 7.13. The molecule has 0 fully saturated rings. The maximum absolute atomic E-state index is 10.7. The summed E-state index contributed by atoms with van der Waals surface area (Å²) in [6, 6.07) is 12.8. The Balaban J connectivity index is 2.22. The Labute approximate surface area is 138 Å². The number of nitro groups is 1. The highest BCUT2D eigenvalue weighted by Gasteiger charge is 2.25. The molecular formula is C16H14ClN3O3. The molecule has 2 N–H and O–H groups in total. The molecule has 0 aromatic heterocycles. The van der Waals surface area contributed by atoms with Crippen LogP contribution in [0.15, 0.2) is 42.5 Å². The fourth-order valence-corrected chi connectivity index (χ4v) is 2.49. The average molecular weight is 332 g/mol.